The number of hydrogen-bond donors (Lipinski definition) is 1. The third-order valence-corrected chi connectivity index (χ3v) is 5.33. The van der Waals surface area contributed by atoms with Crippen molar-refractivity contribution in [1.29, 1.82) is 0 Å². The molecule has 3 aromatic rings. The van der Waals surface area contributed by atoms with Crippen LogP contribution in [0.15, 0.2) is 60.7 Å². The molecule has 1 N–H and O–H groups in total. The van der Waals surface area contributed by atoms with Gasteiger partial charge >= 0.3 is 6.36 Å². The topological polar surface area (TPSA) is 33.7 Å². The van der Waals surface area contributed by atoms with Crippen molar-refractivity contribution in [2.45, 2.75) is 12.4 Å². The molecule has 1 atom stereocenters. The summed E-state index contributed by atoms with van der Waals surface area (Å²) >= 11 is 0. The Kier molecular flexibility index (Phi) is 9.04. The summed E-state index contributed by atoms with van der Waals surface area (Å²) in [6.07, 6.45) is -4.70. The van der Waals surface area contributed by atoms with E-state index in [9.17, 15) is 13.2 Å². The van der Waals surface area contributed by atoms with Crippen molar-refractivity contribution in [1.82, 2.24) is 10.2 Å². The van der Waals surface area contributed by atoms with Crippen molar-refractivity contribution in [2.75, 3.05) is 33.3 Å². The van der Waals surface area contributed by atoms with Crippen molar-refractivity contribution in [3.63, 3.8) is 0 Å². The number of piperazine rings is 1. The van der Waals surface area contributed by atoms with E-state index in [1.807, 2.05) is 18.2 Å². The van der Waals surface area contributed by atoms with Gasteiger partial charge in [0.05, 0.1) is 13.2 Å². The molecule has 32 heavy (non-hydrogen) atoms. The van der Waals surface area contributed by atoms with Crippen molar-refractivity contribution in [3.8, 4) is 11.5 Å². The molecule has 1 aliphatic rings. The standard InChI is InChI=1S/C23H23F3N2O2.2ClH/c1-29-21-9-6-17-14-19(3-2-18(17)15-21)22(28-12-10-27-11-13-28)16-4-7-20(8-5-16)30-23(24,25)26;;/h2-9,14-15,22,27H,10-13H2,1H3;2*1H/t22-;;/m1../s1. The molecule has 1 heterocycles. The summed E-state index contributed by atoms with van der Waals surface area (Å²) in [6, 6.07) is 18.3. The fourth-order valence-electron chi connectivity index (χ4n) is 3.95. The summed E-state index contributed by atoms with van der Waals surface area (Å²) in [5, 5.41) is 5.51. The second-order valence-electron chi connectivity index (χ2n) is 7.28. The van der Waals surface area contributed by atoms with E-state index in [0.29, 0.717) is 0 Å². The first-order valence-electron chi connectivity index (χ1n) is 9.81. The van der Waals surface area contributed by atoms with Crippen LogP contribution in [-0.4, -0.2) is 44.6 Å². The van der Waals surface area contributed by atoms with Gasteiger partial charge in [0.2, 0.25) is 0 Å². The maximum Gasteiger partial charge on any atom is 0.573 e. The minimum atomic E-state index is -4.70. The Morgan fingerprint density at radius 1 is 0.812 bits per heavy atom. The first-order valence-corrected chi connectivity index (χ1v) is 9.81. The summed E-state index contributed by atoms with van der Waals surface area (Å²) in [6.45, 7) is 3.45. The zero-order chi connectivity index (χ0) is 21.1. The van der Waals surface area contributed by atoms with Gasteiger partial charge in [-0.2, -0.15) is 0 Å². The third-order valence-electron chi connectivity index (χ3n) is 5.33. The molecule has 174 valence electrons. The fraction of sp³-hybridized carbons (Fsp3) is 0.304. The molecule has 0 aromatic heterocycles. The number of hydrogen-bond acceptors (Lipinski definition) is 4. The quantitative estimate of drug-likeness (QED) is 0.507. The Hall–Kier alpha value is -2.19. The Morgan fingerprint density at radius 2 is 1.38 bits per heavy atom. The van der Waals surface area contributed by atoms with Crippen LogP contribution in [0.4, 0.5) is 13.2 Å². The summed E-state index contributed by atoms with van der Waals surface area (Å²) < 4.78 is 46.9. The van der Waals surface area contributed by atoms with Gasteiger partial charge in [0, 0.05) is 26.2 Å². The van der Waals surface area contributed by atoms with E-state index in [1.54, 1.807) is 19.2 Å². The van der Waals surface area contributed by atoms with E-state index in [2.05, 4.69) is 33.2 Å². The molecule has 1 saturated heterocycles. The van der Waals surface area contributed by atoms with Gasteiger partial charge in [-0.05, 0) is 52.2 Å². The monoisotopic (exact) mass is 488 g/mol. The average Bonchev–Trinajstić information content (AvgIpc) is 2.74. The summed E-state index contributed by atoms with van der Waals surface area (Å²) in [4.78, 5) is 2.35. The van der Waals surface area contributed by atoms with E-state index in [4.69, 9.17) is 4.74 Å². The van der Waals surface area contributed by atoms with Gasteiger partial charge in [-0.1, -0.05) is 30.3 Å². The number of fused-ring (bicyclic) bond motifs is 1. The molecule has 0 radical (unpaired) electrons. The van der Waals surface area contributed by atoms with Crippen molar-refractivity contribution >= 4 is 35.6 Å². The van der Waals surface area contributed by atoms with Gasteiger partial charge in [-0.3, -0.25) is 4.90 Å². The maximum absolute atomic E-state index is 12.5. The van der Waals surface area contributed by atoms with Crippen molar-refractivity contribution in [3.05, 3.63) is 71.8 Å². The van der Waals surface area contributed by atoms with Gasteiger partial charge in [0.1, 0.15) is 11.5 Å². The van der Waals surface area contributed by atoms with E-state index in [1.165, 1.54) is 12.1 Å². The summed E-state index contributed by atoms with van der Waals surface area (Å²) in [5.74, 6) is 0.588. The van der Waals surface area contributed by atoms with E-state index < -0.39 is 6.36 Å². The smallest absolute Gasteiger partial charge is 0.497 e. The first kappa shape index (κ1) is 26.1. The number of halogens is 5. The predicted molar refractivity (Wildman–Crippen MR) is 124 cm³/mol. The predicted octanol–water partition coefficient (Wildman–Crippen LogP) is 5.59. The number of nitrogens with one attached hydrogen (secondary N) is 1. The normalized spacial score (nSPS) is 15.4. The summed E-state index contributed by atoms with van der Waals surface area (Å²) in [5.41, 5.74) is 2.03. The molecule has 3 aromatic carbocycles. The van der Waals surface area contributed by atoms with Crippen molar-refractivity contribution in [2.24, 2.45) is 0 Å². The maximum atomic E-state index is 12.5. The number of alkyl halides is 3. The van der Waals surface area contributed by atoms with Gasteiger partial charge in [-0.25, -0.2) is 0 Å². The molecule has 9 heteroatoms. The lowest BCUT2D eigenvalue weighted by atomic mass is 9.94. The highest BCUT2D eigenvalue weighted by Crippen LogP contribution is 2.33. The van der Waals surface area contributed by atoms with E-state index >= 15 is 0 Å². The molecule has 0 amide bonds. The lowest BCUT2D eigenvalue weighted by Gasteiger charge is -2.35. The fourth-order valence-corrected chi connectivity index (χ4v) is 3.95. The molecule has 1 fully saturated rings. The van der Waals surface area contributed by atoms with E-state index in [0.717, 1.165) is 53.8 Å². The van der Waals surface area contributed by atoms with Crippen LogP contribution in [0.1, 0.15) is 17.2 Å². The van der Waals surface area contributed by atoms with Gasteiger partial charge < -0.3 is 14.8 Å². The van der Waals surface area contributed by atoms with Gasteiger partial charge in [0.25, 0.3) is 0 Å². The van der Waals surface area contributed by atoms with Crippen LogP contribution in [0, 0.1) is 0 Å². The van der Waals surface area contributed by atoms with Gasteiger partial charge in [-0.15, -0.1) is 38.0 Å². The van der Waals surface area contributed by atoms with Crippen molar-refractivity contribution < 1.29 is 22.6 Å². The Labute approximate surface area is 197 Å². The molecule has 0 unspecified atom stereocenters. The van der Waals surface area contributed by atoms with Crippen LogP contribution in [0.2, 0.25) is 0 Å². The van der Waals surface area contributed by atoms with Crippen LogP contribution in [0.5, 0.6) is 11.5 Å². The summed E-state index contributed by atoms with van der Waals surface area (Å²) in [7, 11) is 1.64. The highest BCUT2D eigenvalue weighted by molar-refractivity contribution is 5.86. The minimum Gasteiger partial charge on any atom is -0.497 e. The Morgan fingerprint density at radius 3 is 2.00 bits per heavy atom. The van der Waals surface area contributed by atoms with E-state index in [-0.39, 0.29) is 36.6 Å². The molecule has 0 bridgehead atoms. The first-order chi connectivity index (χ1) is 14.4. The van der Waals surface area contributed by atoms with Gasteiger partial charge in [0.15, 0.2) is 0 Å². The number of ether oxygens (including phenoxy) is 2. The van der Waals surface area contributed by atoms with Crippen LogP contribution >= 0.6 is 24.8 Å². The Bertz CT molecular complexity index is 1010. The van der Waals surface area contributed by atoms with Crippen LogP contribution in [-0.2, 0) is 0 Å². The number of methoxy groups -OCH3 is 1. The molecule has 0 spiro atoms. The minimum absolute atomic E-state index is 0. The highest BCUT2D eigenvalue weighted by atomic mass is 35.5. The number of rotatable bonds is 5. The molecule has 4 nitrogen and oxygen atoms in total. The zero-order valence-electron chi connectivity index (χ0n) is 17.4. The molecule has 1 aliphatic heterocycles. The SMILES string of the molecule is COc1ccc2cc([C@@H](c3ccc(OC(F)(F)F)cc3)N3CCNCC3)ccc2c1.Cl.Cl. The molecule has 0 saturated carbocycles. The zero-order valence-corrected chi connectivity index (χ0v) is 19.0. The second-order valence-corrected chi connectivity index (χ2v) is 7.28. The largest absolute Gasteiger partial charge is 0.573 e. The van der Waals surface area contributed by atoms with Crippen LogP contribution < -0.4 is 14.8 Å². The lowest BCUT2D eigenvalue weighted by molar-refractivity contribution is -0.274. The molecular weight excluding hydrogens is 464 g/mol. The second kappa shape index (κ2) is 11.1. The number of benzene rings is 3. The molecule has 4 rings (SSSR count). The highest BCUT2D eigenvalue weighted by Gasteiger charge is 2.31. The van der Waals surface area contributed by atoms with Crippen LogP contribution in [0.25, 0.3) is 10.8 Å². The Balaban J connectivity index is 0.00000181. The van der Waals surface area contributed by atoms with Crippen LogP contribution in [0.3, 0.4) is 0 Å². The number of nitrogens with zero attached hydrogens (tertiary/aromatic N) is 1. The molecule has 0 aliphatic carbocycles. The average molecular weight is 489 g/mol. The third kappa shape index (κ3) is 6.19. The molecular formula is C23H25Cl2F3N2O2. The lowest BCUT2D eigenvalue weighted by Crippen LogP contribution is -2.45.